The molecule has 3 aliphatic rings. The average Bonchev–Trinajstić information content (AvgIpc) is 2.59. The minimum Gasteiger partial charge on any atom is -0.313 e. The lowest BCUT2D eigenvalue weighted by atomic mass is 9.89. The van der Waals surface area contributed by atoms with E-state index in [4.69, 9.17) is 0 Å². The Balaban J connectivity index is 1.46. The van der Waals surface area contributed by atoms with Gasteiger partial charge in [0.15, 0.2) is 0 Å². The van der Waals surface area contributed by atoms with Crippen LogP contribution in [-0.4, -0.2) is 12.6 Å². The lowest BCUT2D eigenvalue weighted by molar-refractivity contribution is 0.313. The van der Waals surface area contributed by atoms with Gasteiger partial charge in [-0.1, -0.05) is 20.3 Å². The summed E-state index contributed by atoms with van der Waals surface area (Å²) in [6, 6.07) is 0.835. The van der Waals surface area contributed by atoms with Gasteiger partial charge in [-0.25, -0.2) is 0 Å². The van der Waals surface area contributed by atoms with Crippen molar-refractivity contribution in [1.29, 1.82) is 0 Å². The summed E-state index contributed by atoms with van der Waals surface area (Å²) in [4.78, 5) is 0. The minimum absolute atomic E-state index is 0.609. The number of fused-ring (bicyclic) bond motifs is 2. The SMILES string of the molecule is CC1(C)CC1NCC1CC2CCC1C2. The van der Waals surface area contributed by atoms with Crippen LogP contribution in [0.15, 0.2) is 0 Å². The monoisotopic (exact) mass is 193 g/mol. The van der Waals surface area contributed by atoms with E-state index in [0.717, 1.165) is 23.8 Å². The average molecular weight is 193 g/mol. The molecule has 0 radical (unpaired) electrons. The van der Waals surface area contributed by atoms with Gasteiger partial charge < -0.3 is 5.32 Å². The number of rotatable bonds is 3. The van der Waals surface area contributed by atoms with E-state index in [9.17, 15) is 0 Å². The summed E-state index contributed by atoms with van der Waals surface area (Å²) in [7, 11) is 0. The molecule has 3 fully saturated rings. The van der Waals surface area contributed by atoms with Crippen molar-refractivity contribution in [3.05, 3.63) is 0 Å². The van der Waals surface area contributed by atoms with E-state index in [1.54, 1.807) is 6.42 Å². The molecule has 1 N–H and O–H groups in total. The molecular weight excluding hydrogens is 170 g/mol. The van der Waals surface area contributed by atoms with E-state index in [0.29, 0.717) is 5.41 Å². The molecule has 0 amide bonds. The molecule has 0 aromatic rings. The maximum Gasteiger partial charge on any atom is 0.0125 e. The van der Waals surface area contributed by atoms with Crippen LogP contribution >= 0.6 is 0 Å². The fraction of sp³-hybridized carbons (Fsp3) is 1.00. The van der Waals surface area contributed by atoms with Gasteiger partial charge in [-0.15, -0.1) is 0 Å². The third kappa shape index (κ3) is 1.50. The molecule has 0 saturated heterocycles. The summed E-state index contributed by atoms with van der Waals surface area (Å²) < 4.78 is 0. The molecule has 2 bridgehead atoms. The van der Waals surface area contributed by atoms with E-state index in [-0.39, 0.29) is 0 Å². The summed E-state index contributed by atoms with van der Waals surface area (Å²) in [5.41, 5.74) is 0.609. The van der Waals surface area contributed by atoms with Crippen LogP contribution in [0.1, 0.15) is 46.0 Å². The highest BCUT2D eigenvalue weighted by Crippen LogP contribution is 2.49. The first-order valence-corrected chi connectivity index (χ1v) is 6.38. The van der Waals surface area contributed by atoms with Crippen LogP contribution in [0, 0.1) is 23.2 Å². The Hall–Kier alpha value is -0.0400. The molecule has 3 saturated carbocycles. The van der Waals surface area contributed by atoms with Crippen LogP contribution in [-0.2, 0) is 0 Å². The number of nitrogens with one attached hydrogen (secondary N) is 1. The Labute approximate surface area is 87.7 Å². The highest BCUT2D eigenvalue weighted by molar-refractivity contribution is 5.02. The van der Waals surface area contributed by atoms with Crippen molar-refractivity contribution >= 4 is 0 Å². The maximum atomic E-state index is 3.77. The van der Waals surface area contributed by atoms with Crippen LogP contribution in [0.5, 0.6) is 0 Å². The second-order valence-corrected chi connectivity index (χ2v) is 6.59. The summed E-state index contributed by atoms with van der Waals surface area (Å²) in [6.45, 7) is 6.08. The smallest absolute Gasteiger partial charge is 0.0125 e. The van der Waals surface area contributed by atoms with Gasteiger partial charge in [-0.05, 0) is 55.4 Å². The van der Waals surface area contributed by atoms with Crippen molar-refractivity contribution in [3.63, 3.8) is 0 Å². The Morgan fingerprint density at radius 1 is 1.21 bits per heavy atom. The zero-order valence-corrected chi connectivity index (χ0v) is 9.55. The van der Waals surface area contributed by atoms with Gasteiger partial charge in [0.2, 0.25) is 0 Å². The molecule has 0 aromatic carbocycles. The fourth-order valence-electron chi connectivity index (χ4n) is 3.74. The van der Waals surface area contributed by atoms with Crippen LogP contribution in [0.2, 0.25) is 0 Å². The quantitative estimate of drug-likeness (QED) is 0.727. The predicted octanol–water partition coefficient (Wildman–Crippen LogP) is 2.81. The Kier molecular flexibility index (Phi) is 1.96. The Morgan fingerprint density at radius 2 is 2.00 bits per heavy atom. The van der Waals surface area contributed by atoms with E-state index in [1.807, 2.05) is 0 Å². The standard InChI is InChI=1S/C13H23N/c1-13(2)7-12(13)14-8-11-6-9-3-4-10(11)5-9/h9-12,14H,3-8H2,1-2H3. The van der Waals surface area contributed by atoms with Crippen LogP contribution < -0.4 is 5.32 Å². The first-order valence-electron chi connectivity index (χ1n) is 6.38. The minimum atomic E-state index is 0.609. The molecule has 4 unspecified atom stereocenters. The molecule has 1 nitrogen and oxygen atoms in total. The van der Waals surface area contributed by atoms with Gasteiger partial charge in [0.05, 0.1) is 0 Å². The molecule has 3 aliphatic carbocycles. The normalized spacial score (nSPS) is 48.4. The third-order valence-electron chi connectivity index (χ3n) is 5.02. The molecule has 0 aromatic heterocycles. The van der Waals surface area contributed by atoms with Crippen molar-refractivity contribution in [3.8, 4) is 0 Å². The van der Waals surface area contributed by atoms with E-state index >= 15 is 0 Å². The largest absolute Gasteiger partial charge is 0.313 e. The fourth-order valence-corrected chi connectivity index (χ4v) is 3.74. The topological polar surface area (TPSA) is 12.0 Å². The predicted molar refractivity (Wildman–Crippen MR) is 59.1 cm³/mol. The molecular formula is C13H23N. The molecule has 3 rings (SSSR count). The van der Waals surface area contributed by atoms with Gasteiger partial charge in [0.25, 0.3) is 0 Å². The first kappa shape index (κ1) is 9.21. The van der Waals surface area contributed by atoms with Crippen molar-refractivity contribution in [1.82, 2.24) is 5.32 Å². The Morgan fingerprint density at radius 3 is 2.50 bits per heavy atom. The van der Waals surface area contributed by atoms with Crippen molar-refractivity contribution in [2.24, 2.45) is 23.2 Å². The molecule has 0 aliphatic heterocycles. The van der Waals surface area contributed by atoms with E-state index in [2.05, 4.69) is 19.2 Å². The second kappa shape index (κ2) is 2.98. The third-order valence-corrected chi connectivity index (χ3v) is 5.02. The summed E-state index contributed by atoms with van der Waals surface area (Å²) in [5.74, 6) is 3.23. The van der Waals surface area contributed by atoms with Gasteiger partial charge in [-0.2, -0.15) is 0 Å². The van der Waals surface area contributed by atoms with Gasteiger partial charge in [0, 0.05) is 6.04 Å². The highest BCUT2D eigenvalue weighted by atomic mass is 15.0. The lowest BCUT2D eigenvalue weighted by Gasteiger charge is -2.22. The molecule has 14 heavy (non-hydrogen) atoms. The summed E-state index contributed by atoms with van der Waals surface area (Å²) >= 11 is 0. The van der Waals surface area contributed by atoms with Gasteiger partial charge in [-0.3, -0.25) is 0 Å². The first-order chi connectivity index (χ1) is 6.65. The van der Waals surface area contributed by atoms with Gasteiger partial charge >= 0.3 is 0 Å². The number of hydrogen-bond donors (Lipinski definition) is 1. The zero-order chi connectivity index (χ0) is 9.76. The molecule has 0 spiro atoms. The summed E-state index contributed by atoms with van der Waals surface area (Å²) in [5, 5.41) is 3.77. The Bertz CT molecular complexity index is 233. The maximum absolute atomic E-state index is 3.77. The van der Waals surface area contributed by atoms with Gasteiger partial charge in [0.1, 0.15) is 0 Å². The highest BCUT2D eigenvalue weighted by Gasteiger charge is 2.46. The van der Waals surface area contributed by atoms with Crippen molar-refractivity contribution in [2.45, 2.75) is 52.0 Å². The summed E-state index contributed by atoms with van der Waals surface area (Å²) in [6.07, 6.45) is 7.56. The molecule has 0 heterocycles. The van der Waals surface area contributed by atoms with Crippen molar-refractivity contribution in [2.75, 3.05) is 6.54 Å². The van der Waals surface area contributed by atoms with Crippen LogP contribution in [0.3, 0.4) is 0 Å². The van der Waals surface area contributed by atoms with E-state index in [1.165, 1.54) is 32.2 Å². The molecule has 4 atom stereocenters. The molecule has 80 valence electrons. The number of hydrogen-bond acceptors (Lipinski definition) is 1. The van der Waals surface area contributed by atoms with Crippen LogP contribution in [0.4, 0.5) is 0 Å². The van der Waals surface area contributed by atoms with Crippen LogP contribution in [0.25, 0.3) is 0 Å². The van der Waals surface area contributed by atoms with Crippen molar-refractivity contribution < 1.29 is 0 Å². The molecule has 1 heteroatoms. The van der Waals surface area contributed by atoms with E-state index < -0.39 is 0 Å². The zero-order valence-electron chi connectivity index (χ0n) is 9.55. The lowest BCUT2D eigenvalue weighted by Crippen LogP contribution is -2.29. The second-order valence-electron chi connectivity index (χ2n) is 6.59.